The van der Waals surface area contributed by atoms with Crippen molar-refractivity contribution in [2.45, 2.75) is 0 Å². The Labute approximate surface area is 235 Å². The Morgan fingerprint density at radius 1 is 0.927 bits per heavy atom. The first-order chi connectivity index (χ1) is 20.1. The van der Waals surface area contributed by atoms with Crippen LogP contribution in [-0.2, 0) is 9.47 Å². The van der Waals surface area contributed by atoms with Crippen molar-refractivity contribution < 1.29 is 19.1 Å². The van der Waals surface area contributed by atoms with Crippen LogP contribution in [0.15, 0.2) is 85.3 Å². The molecule has 3 heterocycles. The fourth-order valence-electron chi connectivity index (χ4n) is 4.60. The Balaban J connectivity index is 1.22. The maximum atomic E-state index is 13.0. The molecule has 3 aromatic carbocycles. The largest absolute Gasteiger partial charge is 0.465 e. The summed E-state index contributed by atoms with van der Waals surface area (Å²) in [6.45, 7) is 3.20. The van der Waals surface area contributed by atoms with E-state index in [0.717, 1.165) is 43.2 Å². The number of hydrogen-bond acceptors (Lipinski definition) is 9. The minimum absolute atomic E-state index is 0.293. The van der Waals surface area contributed by atoms with Gasteiger partial charge in [-0.05, 0) is 60.7 Å². The molecule has 2 aromatic heterocycles. The molecule has 5 aromatic rings. The molecule has 0 unspecified atom stereocenters. The fraction of sp³-hybridized carbons (Fsp3) is 0.167. The number of amides is 1. The Morgan fingerprint density at radius 3 is 2.44 bits per heavy atom. The average molecular weight is 550 g/mol. The van der Waals surface area contributed by atoms with Crippen LogP contribution in [0, 0.1) is 0 Å². The molecule has 11 heteroatoms. The standard InChI is InChI=1S/C30H27N7O4/c1-40-30(39)20-5-7-24(8-6-20)34-29(38)22-4-2-3-21(17-22)26-18-37-28(31-19-32-37)27(35-26)33-23-9-11-25(12-10-23)36-13-15-41-16-14-36/h2-12,17-19H,13-16H2,1H3,(H,33,35)(H,34,38). The number of ether oxygens (including phenoxy) is 2. The summed E-state index contributed by atoms with van der Waals surface area (Å²) in [5.74, 6) is -0.191. The summed E-state index contributed by atoms with van der Waals surface area (Å²) in [5, 5.41) is 10.5. The van der Waals surface area contributed by atoms with Gasteiger partial charge >= 0.3 is 5.97 Å². The van der Waals surface area contributed by atoms with Gasteiger partial charge in [0.2, 0.25) is 0 Å². The van der Waals surface area contributed by atoms with Crippen LogP contribution in [0.3, 0.4) is 0 Å². The highest BCUT2D eigenvalue weighted by molar-refractivity contribution is 6.05. The van der Waals surface area contributed by atoms with Gasteiger partial charge in [-0.15, -0.1) is 0 Å². The number of hydrogen-bond donors (Lipinski definition) is 2. The third-order valence-corrected chi connectivity index (χ3v) is 6.75. The molecule has 0 bridgehead atoms. The van der Waals surface area contributed by atoms with Crippen LogP contribution in [0.2, 0.25) is 0 Å². The number of nitrogens with zero attached hydrogens (tertiary/aromatic N) is 5. The molecular weight excluding hydrogens is 522 g/mol. The zero-order chi connectivity index (χ0) is 28.2. The lowest BCUT2D eigenvalue weighted by molar-refractivity contribution is 0.0600. The summed E-state index contributed by atoms with van der Waals surface area (Å²) in [6.07, 6.45) is 3.25. The maximum absolute atomic E-state index is 13.0. The van der Waals surface area contributed by atoms with Crippen LogP contribution in [0.25, 0.3) is 16.9 Å². The zero-order valence-electron chi connectivity index (χ0n) is 22.3. The molecule has 0 saturated carbocycles. The quantitative estimate of drug-likeness (QED) is 0.284. The summed E-state index contributed by atoms with van der Waals surface area (Å²) >= 11 is 0. The molecule has 1 saturated heterocycles. The Morgan fingerprint density at radius 2 is 1.68 bits per heavy atom. The number of nitrogens with one attached hydrogen (secondary N) is 2. The number of carbonyl (C=O) groups excluding carboxylic acids is 2. The third kappa shape index (κ3) is 5.70. The first-order valence-corrected chi connectivity index (χ1v) is 13.1. The normalized spacial score (nSPS) is 13.1. The highest BCUT2D eigenvalue weighted by Gasteiger charge is 2.15. The highest BCUT2D eigenvalue weighted by Crippen LogP contribution is 2.26. The molecule has 41 heavy (non-hydrogen) atoms. The summed E-state index contributed by atoms with van der Waals surface area (Å²) in [4.78, 5) is 36.2. The predicted octanol–water partition coefficient (Wildman–Crippen LogP) is 4.41. The molecule has 206 valence electrons. The van der Waals surface area contributed by atoms with Gasteiger partial charge in [-0.3, -0.25) is 4.79 Å². The van der Waals surface area contributed by atoms with Gasteiger partial charge in [0, 0.05) is 41.3 Å². The van der Waals surface area contributed by atoms with E-state index in [9.17, 15) is 9.59 Å². The van der Waals surface area contributed by atoms with Gasteiger partial charge in [0.05, 0.1) is 37.8 Å². The van der Waals surface area contributed by atoms with Crippen LogP contribution in [-0.4, -0.2) is 64.9 Å². The molecular formula is C30H27N7O4. The Bertz CT molecular complexity index is 1690. The van der Waals surface area contributed by atoms with Crippen molar-refractivity contribution in [1.29, 1.82) is 0 Å². The van der Waals surface area contributed by atoms with Gasteiger partial charge in [0.15, 0.2) is 11.5 Å². The number of fused-ring (bicyclic) bond motifs is 1. The molecule has 0 atom stereocenters. The fourth-order valence-corrected chi connectivity index (χ4v) is 4.60. The number of carbonyl (C=O) groups is 2. The molecule has 1 fully saturated rings. The van der Waals surface area contributed by atoms with Crippen LogP contribution in [0.5, 0.6) is 0 Å². The van der Waals surface area contributed by atoms with Crippen molar-refractivity contribution >= 4 is 40.4 Å². The first-order valence-electron chi connectivity index (χ1n) is 13.1. The van der Waals surface area contributed by atoms with Crippen molar-refractivity contribution in [3.8, 4) is 11.3 Å². The summed E-state index contributed by atoms with van der Waals surface area (Å²) in [6, 6.07) is 21.8. The summed E-state index contributed by atoms with van der Waals surface area (Å²) in [5.41, 5.74) is 5.35. The third-order valence-electron chi connectivity index (χ3n) is 6.75. The maximum Gasteiger partial charge on any atom is 0.337 e. The van der Waals surface area contributed by atoms with E-state index in [-0.39, 0.29) is 5.91 Å². The SMILES string of the molecule is COC(=O)c1ccc(NC(=O)c2cccc(-c3cn4ncnc4c(Nc4ccc(N5CCOCC5)cc4)n3)c2)cc1. The highest BCUT2D eigenvalue weighted by atomic mass is 16.5. The van der Waals surface area contributed by atoms with Gasteiger partial charge in [-0.25, -0.2) is 19.3 Å². The van der Waals surface area contributed by atoms with Crippen molar-refractivity contribution in [3.05, 3.63) is 96.4 Å². The lowest BCUT2D eigenvalue weighted by Crippen LogP contribution is -2.36. The van der Waals surface area contributed by atoms with E-state index in [4.69, 9.17) is 14.5 Å². The number of benzene rings is 3. The van der Waals surface area contributed by atoms with Crippen LogP contribution in [0.1, 0.15) is 20.7 Å². The summed E-state index contributed by atoms with van der Waals surface area (Å²) in [7, 11) is 1.32. The van der Waals surface area contributed by atoms with E-state index in [1.54, 1.807) is 53.2 Å². The molecule has 6 rings (SSSR count). The second-order valence-corrected chi connectivity index (χ2v) is 9.38. The predicted molar refractivity (Wildman–Crippen MR) is 155 cm³/mol. The average Bonchev–Trinajstić information content (AvgIpc) is 3.51. The molecule has 2 N–H and O–H groups in total. The second-order valence-electron chi connectivity index (χ2n) is 9.38. The van der Waals surface area contributed by atoms with Gasteiger partial charge in [-0.2, -0.15) is 5.10 Å². The monoisotopic (exact) mass is 549 g/mol. The number of aromatic nitrogens is 4. The molecule has 0 aliphatic carbocycles. The van der Waals surface area contributed by atoms with Crippen molar-refractivity contribution in [2.24, 2.45) is 0 Å². The smallest absolute Gasteiger partial charge is 0.337 e. The van der Waals surface area contributed by atoms with E-state index >= 15 is 0 Å². The van der Waals surface area contributed by atoms with Gasteiger partial charge in [0.1, 0.15) is 6.33 Å². The van der Waals surface area contributed by atoms with E-state index < -0.39 is 5.97 Å². The Kier molecular flexibility index (Phi) is 7.25. The van der Waals surface area contributed by atoms with Crippen molar-refractivity contribution in [3.63, 3.8) is 0 Å². The van der Waals surface area contributed by atoms with Gasteiger partial charge in [-0.1, -0.05) is 12.1 Å². The van der Waals surface area contributed by atoms with Gasteiger partial charge in [0.25, 0.3) is 5.91 Å². The lowest BCUT2D eigenvalue weighted by Gasteiger charge is -2.28. The second kappa shape index (κ2) is 11.4. The Hall–Kier alpha value is -5.29. The number of esters is 1. The molecule has 1 aliphatic rings. The van der Waals surface area contributed by atoms with E-state index in [1.807, 2.05) is 18.2 Å². The topological polar surface area (TPSA) is 123 Å². The van der Waals surface area contributed by atoms with E-state index in [0.29, 0.717) is 34.0 Å². The number of rotatable bonds is 7. The van der Waals surface area contributed by atoms with Crippen LogP contribution >= 0.6 is 0 Å². The van der Waals surface area contributed by atoms with Crippen molar-refractivity contribution in [1.82, 2.24) is 19.6 Å². The number of anilines is 4. The van der Waals surface area contributed by atoms with Gasteiger partial charge < -0.3 is 25.0 Å². The van der Waals surface area contributed by atoms with E-state index in [2.05, 4.69) is 37.7 Å². The number of morpholine rings is 1. The first kappa shape index (κ1) is 26.0. The molecule has 11 nitrogen and oxygen atoms in total. The number of methoxy groups -OCH3 is 1. The van der Waals surface area contributed by atoms with Crippen LogP contribution < -0.4 is 15.5 Å². The molecule has 1 amide bonds. The lowest BCUT2D eigenvalue weighted by atomic mass is 10.1. The summed E-state index contributed by atoms with van der Waals surface area (Å²) < 4.78 is 11.8. The minimum Gasteiger partial charge on any atom is -0.465 e. The zero-order valence-corrected chi connectivity index (χ0v) is 22.3. The van der Waals surface area contributed by atoms with Crippen molar-refractivity contribution in [2.75, 3.05) is 48.9 Å². The molecule has 0 radical (unpaired) electrons. The molecule has 0 spiro atoms. The van der Waals surface area contributed by atoms with Crippen LogP contribution in [0.4, 0.5) is 22.9 Å². The van der Waals surface area contributed by atoms with E-state index in [1.165, 1.54) is 13.4 Å². The molecule has 1 aliphatic heterocycles. The minimum atomic E-state index is -0.439.